The fraction of sp³-hybridized carbons (Fsp3) is 0.304. The van der Waals surface area contributed by atoms with E-state index in [-0.39, 0.29) is 5.56 Å². The first-order valence-corrected chi connectivity index (χ1v) is 9.76. The molecule has 0 aliphatic rings. The Balaban J connectivity index is 2.13. The summed E-state index contributed by atoms with van der Waals surface area (Å²) in [4.78, 5) is 26.5. The molecule has 3 rings (SSSR count). The van der Waals surface area contributed by atoms with Gasteiger partial charge in [0.05, 0.1) is 5.70 Å². The standard InChI is InChI=1S/C23H27N5O/c1-7-20(26-14(3)4)16-9-10-18(15(5)11-16)19-12-17-13-25-23(24-8-2)27-21(17)28(6)22(19)29/h7,9-13H,8H2,1-6H3,(H,24,25,27)/b20-7-. The lowest BCUT2D eigenvalue weighted by Gasteiger charge is -2.12. The Labute approximate surface area is 171 Å². The molecule has 6 heteroatoms. The lowest BCUT2D eigenvalue weighted by atomic mass is 9.97. The summed E-state index contributed by atoms with van der Waals surface area (Å²) in [6, 6.07) is 7.95. The molecule has 150 valence electrons. The number of nitrogens with zero attached hydrogens (tertiary/aromatic N) is 4. The molecule has 0 spiro atoms. The summed E-state index contributed by atoms with van der Waals surface area (Å²) < 4.78 is 1.59. The Morgan fingerprint density at radius 1 is 1.24 bits per heavy atom. The van der Waals surface area contributed by atoms with Gasteiger partial charge in [0.25, 0.3) is 5.56 Å². The van der Waals surface area contributed by atoms with Crippen molar-refractivity contribution in [2.75, 3.05) is 11.9 Å². The van der Waals surface area contributed by atoms with Gasteiger partial charge in [-0.1, -0.05) is 18.2 Å². The summed E-state index contributed by atoms with van der Waals surface area (Å²) in [7, 11) is 1.75. The van der Waals surface area contributed by atoms with Gasteiger partial charge < -0.3 is 5.32 Å². The highest BCUT2D eigenvalue weighted by Gasteiger charge is 2.14. The number of aromatic nitrogens is 3. The Morgan fingerprint density at radius 3 is 2.62 bits per heavy atom. The second kappa shape index (κ2) is 8.39. The molecule has 3 aromatic rings. The van der Waals surface area contributed by atoms with E-state index in [9.17, 15) is 4.79 Å². The second-order valence-corrected chi connectivity index (χ2v) is 7.19. The zero-order valence-corrected chi connectivity index (χ0v) is 17.9. The quantitative estimate of drug-likeness (QED) is 0.649. The van der Waals surface area contributed by atoms with Crippen LogP contribution in [-0.2, 0) is 7.05 Å². The molecule has 1 N–H and O–H groups in total. The highest BCUT2D eigenvalue weighted by Crippen LogP contribution is 2.27. The van der Waals surface area contributed by atoms with Crippen molar-refractivity contribution in [2.45, 2.75) is 34.6 Å². The Hall–Kier alpha value is -3.28. The molecule has 1 aromatic carbocycles. The summed E-state index contributed by atoms with van der Waals surface area (Å²) in [6.45, 7) is 10.7. The number of nitrogens with one attached hydrogen (secondary N) is 1. The van der Waals surface area contributed by atoms with Crippen LogP contribution in [0.15, 0.2) is 46.3 Å². The SMILES string of the molecule is C/C=C(\N=C(C)C)c1ccc(-c2cc3cnc(NCC)nc3n(C)c2=O)c(C)c1. The maximum Gasteiger partial charge on any atom is 0.259 e. The van der Waals surface area contributed by atoms with Crippen molar-refractivity contribution in [3.8, 4) is 11.1 Å². The molecule has 2 heterocycles. The van der Waals surface area contributed by atoms with Crippen LogP contribution in [0.4, 0.5) is 5.95 Å². The Bertz CT molecular complexity index is 1180. The van der Waals surface area contributed by atoms with E-state index in [2.05, 4.69) is 26.3 Å². The lowest BCUT2D eigenvalue weighted by Crippen LogP contribution is -2.20. The first kappa shape index (κ1) is 20.5. The molecular weight excluding hydrogens is 362 g/mol. The van der Waals surface area contributed by atoms with Crippen LogP contribution >= 0.6 is 0 Å². The van der Waals surface area contributed by atoms with Crippen LogP contribution in [0.2, 0.25) is 0 Å². The third-order valence-electron chi connectivity index (χ3n) is 4.71. The summed E-state index contributed by atoms with van der Waals surface area (Å²) in [5.41, 5.74) is 6.06. The van der Waals surface area contributed by atoms with Crippen molar-refractivity contribution < 1.29 is 0 Å². The van der Waals surface area contributed by atoms with E-state index in [1.165, 1.54) is 0 Å². The molecule has 0 unspecified atom stereocenters. The number of fused-ring (bicyclic) bond motifs is 1. The van der Waals surface area contributed by atoms with E-state index < -0.39 is 0 Å². The van der Waals surface area contributed by atoms with Crippen LogP contribution < -0.4 is 10.9 Å². The summed E-state index contributed by atoms with van der Waals surface area (Å²) in [5, 5.41) is 3.91. The van der Waals surface area contributed by atoms with Gasteiger partial charge >= 0.3 is 0 Å². The van der Waals surface area contributed by atoms with E-state index in [0.717, 1.165) is 40.0 Å². The molecule has 0 aliphatic carbocycles. The fourth-order valence-electron chi connectivity index (χ4n) is 3.34. The molecule has 29 heavy (non-hydrogen) atoms. The zero-order chi connectivity index (χ0) is 21.1. The largest absolute Gasteiger partial charge is 0.354 e. The van der Waals surface area contributed by atoms with E-state index >= 15 is 0 Å². The number of hydrogen-bond acceptors (Lipinski definition) is 5. The molecule has 0 aliphatic heterocycles. The zero-order valence-electron chi connectivity index (χ0n) is 17.9. The van der Waals surface area contributed by atoms with E-state index in [1.807, 2.05) is 58.9 Å². The number of allylic oxidation sites excluding steroid dienone is 1. The average Bonchev–Trinajstić information content (AvgIpc) is 2.69. The first-order valence-electron chi connectivity index (χ1n) is 9.76. The van der Waals surface area contributed by atoms with Crippen LogP contribution in [0.5, 0.6) is 0 Å². The van der Waals surface area contributed by atoms with Crippen molar-refractivity contribution in [3.63, 3.8) is 0 Å². The maximum atomic E-state index is 13.1. The van der Waals surface area contributed by atoms with Crippen LogP contribution in [-0.4, -0.2) is 26.8 Å². The van der Waals surface area contributed by atoms with Crippen LogP contribution in [0.1, 0.15) is 38.8 Å². The number of aryl methyl sites for hydroxylation is 2. The molecule has 0 atom stereocenters. The summed E-state index contributed by atoms with van der Waals surface area (Å²) in [5.74, 6) is 0.522. The van der Waals surface area contributed by atoms with E-state index in [1.54, 1.807) is 17.8 Å². The Kier molecular flexibility index (Phi) is 5.92. The summed E-state index contributed by atoms with van der Waals surface area (Å²) in [6.07, 6.45) is 3.75. The topological polar surface area (TPSA) is 72.2 Å². The van der Waals surface area contributed by atoms with Gasteiger partial charge in [0, 0.05) is 42.0 Å². The molecule has 6 nitrogen and oxygen atoms in total. The van der Waals surface area contributed by atoms with Crippen LogP contribution in [0.3, 0.4) is 0 Å². The molecule has 0 saturated heterocycles. The van der Waals surface area contributed by atoms with Gasteiger partial charge in [-0.2, -0.15) is 4.98 Å². The normalized spacial score (nSPS) is 11.6. The monoisotopic (exact) mass is 389 g/mol. The van der Waals surface area contributed by atoms with Gasteiger partial charge in [-0.3, -0.25) is 14.4 Å². The van der Waals surface area contributed by atoms with Crippen molar-refractivity contribution in [3.05, 3.63) is 58.0 Å². The number of pyridine rings is 1. The highest BCUT2D eigenvalue weighted by atomic mass is 16.1. The fourth-order valence-corrected chi connectivity index (χ4v) is 3.34. The minimum Gasteiger partial charge on any atom is -0.354 e. The van der Waals surface area contributed by atoms with Gasteiger partial charge in [0.1, 0.15) is 5.65 Å². The van der Waals surface area contributed by atoms with Gasteiger partial charge in [-0.25, -0.2) is 4.98 Å². The number of anilines is 1. The van der Waals surface area contributed by atoms with E-state index in [0.29, 0.717) is 17.2 Å². The molecule has 0 bridgehead atoms. The number of rotatable bonds is 5. The number of benzene rings is 1. The van der Waals surface area contributed by atoms with Gasteiger partial charge in [0.15, 0.2) is 0 Å². The molecule has 0 amide bonds. The predicted molar refractivity (Wildman–Crippen MR) is 122 cm³/mol. The van der Waals surface area contributed by atoms with Crippen molar-refractivity contribution in [1.29, 1.82) is 0 Å². The molecule has 0 fully saturated rings. The minimum atomic E-state index is -0.0804. The first-order chi connectivity index (χ1) is 13.8. The predicted octanol–water partition coefficient (Wildman–Crippen LogP) is 4.58. The Morgan fingerprint density at radius 2 is 2.00 bits per heavy atom. The maximum absolute atomic E-state index is 13.1. The molecule has 0 radical (unpaired) electrons. The number of aliphatic imine (C=N–C) groups is 1. The average molecular weight is 390 g/mol. The highest BCUT2D eigenvalue weighted by molar-refractivity contribution is 5.87. The second-order valence-electron chi connectivity index (χ2n) is 7.19. The molecular formula is C23H27N5O. The van der Waals surface area contributed by atoms with E-state index in [4.69, 9.17) is 0 Å². The molecule has 0 saturated carbocycles. The van der Waals surface area contributed by atoms with Crippen molar-refractivity contribution in [1.82, 2.24) is 14.5 Å². The van der Waals surface area contributed by atoms with Gasteiger partial charge in [0.2, 0.25) is 5.95 Å². The third kappa shape index (κ3) is 4.11. The third-order valence-corrected chi connectivity index (χ3v) is 4.71. The van der Waals surface area contributed by atoms with Gasteiger partial charge in [-0.15, -0.1) is 0 Å². The van der Waals surface area contributed by atoms with Gasteiger partial charge in [-0.05, 0) is 57.9 Å². The lowest BCUT2D eigenvalue weighted by molar-refractivity contribution is 0.885. The number of hydrogen-bond donors (Lipinski definition) is 1. The summed E-state index contributed by atoms with van der Waals surface area (Å²) >= 11 is 0. The van der Waals surface area contributed by atoms with Crippen molar-refractivity contribution in [2.24, 2.45) is 12.0 Å². The van der Waals surface area contributed by atoms with Crippen molar-refractivity contribution >= 4 is 28.4 Å². The van der Waals surface area contributed by atoms with Crippen LogP contribution in [0, 0.1) is 6.92 Å². The minimum absolute atomic E-state index is 0.0804. The molecule has 2 aromatic heterocycles. The smallest absolute Gasteiger partial charge is 0.259 e. The van der Waals surface area contributed by atoms with Crippen LogP contribution in [0.25, 0.3) is 27.9 Å².